The average molecular weight is 510 g/mol. The highest BCUT2D eigenvalue weighted by atomic mass is 32.1. The van der Waals surface area contributed by atoms with Crippen LogP contribution >= 0.6 is 11.3 Å². The van der Waals surface area contributed by atoms with Gasteiger partial charge >= 0.3 is 12.0 Å². The van der Waals surface area contributed by atoms with Crippen molar-refractivity contribution >= 4 is 35.3 Å². The van der Waals surface area contributed by atoms with Crippen molar-refractivity contribution in [3.63, 3.8) is 0 Å². The fourth-order valence-corrected chi connectivity index (χ4v) is 4.59. The molecule has 2 N–H and O–H groups in total. The van der Waals surface area contributed by atoms with Crippen molar-refractivity contribution < 1.29 is 24.6 Å². The minimum atomic E-state index is -0.994. The third-order valence-electron chi connectivity index (χ3n) is 5.89. The van der Waals surface area contributed by atoms with E-state index in [4.69, 9.17) is 0 Å². The predicted molar refractivity (Wildman–Crippen MR) is 133 cm³/mol. The summed E-state index contributed by atoms with van der Waals surface area (Å²) in [6.45, 7) is 3.74. The van der Waals surface area contributed by atoms with Gasteiger partial charge in [-0.1, -0.05) is 25.5 Å². The number of amides is 3. The van der Waals surface area contributed by atoms with Gasteiger partial charge in [0, 0.05) is 18.3 Å². The summed E-state index contributed by atoms with van der Waals surface area (Å²) in [5, 5.41) is 21.5. The van der Waals surface area contributed by atoms with Gasteiger partial charge in [0.15, 0.2) is 0 Å². The molecule has 1 fully saturated rings. The van der Waals surface area contributed by atoms with Gasteiger partial charge in [0.25, 0.3) is 5.91 Å². The molecule has 3 amide bonds. The molecule has 0 unspecified atom stereocenters. The predicted octanol–water partition coefficient (Wildman–Crippen LogP) is 3.49. The number of nitrogens with zero attached hydrogens (tertiary/aromatic N) is 5. The first kappa shape index (κ1) is 25.3. The van der Waals surface area contributed by atoms with Gasteiger partial charge in [-0.3, -0.25) is 9.69 Å². The summed E-state index contributed by atoms with van der Waals surface area (Å²) in [5.41, 5.74) is 2.48. The van der Waals surface area contributed by atoms with Crippen LogP contribution in [0, 0.1) is 6.92 Å². The number of carbonyl (C=O) groups excluding carboxylic acids is 2. The van der Waals surface area contributed by atoms with Crippen LogP contribution in [0.25, 0.3) is 6.08 Å². The van der Waals surface area contributed by atoms with Crippen molar-refractivity contribution in [1.82, 2.24) is 24.3 Å². The van der Waals surface area contributed by atoms with Crippen molar-refractivity contribution in [3.05, 3.63) is 74.9 Å². The van der Waals surface area contributed by atoms with E-state index in [-0.39, 0.29) is 17.8 Å². The summed E-state index contributed by atoms with van der Waals surface area (Å²) < 4.78 is 1.96. The topological polar surface area (TPSA) is 129 Å². The molecular formula is C25H27N5O5S. The van der Waals surface area contributed by atoms with E-state index in [0.717, 1.165) is 40.6 Å². The third kappa shape index (κ3) is 5.21. The molecule has 0 radical (unpaired) electrons. The summed E-state index contributed by atoms with van der Waals surface area (Å²) in [5.74, 6) is -0.766. The summed E-state index contributed by atoms with van der Waals surface area (Å²) in [7, 11) is 0. The Labute approximate surface area is 212 Å². The molecular weight excluding hydrogens is 482 g/mol. The first-order chi connectivity index (χ1) is 17.3. The number of thiazole rings is 1. The van der Waals surface area contributed by atoms with Crippen LogP contribution in [0.3, 0.4) is 0 Å². The fourth-order valence-electron chi connectivity index (χ4n) is 3.99. The number of unbranched alkanes of at least 4 members (excludes halogenated alkanes) is 1. The van der Waals surface area contributed by atoms with E-state index in [1.807, 2.05) is 16.9 Å². The van der Waals surface area contributed by atoms with Crippen LogP contribution in [0.5, 0.6) is 0 Å². The van der Waals surface area contributed by atoms with Crippen LogP contribution in [0.1, 0.15) is 57.9 Å². The van der Waals surface area contributed by atoms with Crippen LogP contribution in [-0.4, -0.2) is 59.2 Å². The lowest BCUT2D eigenvalue weighted by Crippen LogP contribution is -2.33. The minimum Gasteiger partial charge on any atom is -0.478 e. The van der Waals surface area contributed by atoms with Crippen LogP contribution in [0.2, 0.25) is 0 Å². The number of aromatic nitrogens is 3. The Morgan fingerprint density at radius 3 is 2.50 bits per heavy atom. The molecule has 1 aromatic carbocycles. The standard InChI is InChI=1S/C25H27N5O5S/c1-3-4-5-22-26-11-20(28(22)12-17-6-8-18(9-7-17)24(33)34)10-21-23(32)30(15-31)25(35)29(21)13-19-14-36-16(2)27-19/h6-11,14,31H,3-5,12-13,15H2,1-2H3,(H,33,34). The Kier molecular flexibility index (Phi) is 7.61. The summed E-state index contributed by atoms with van der Waals surface area (Å²) in [6.07, 6.45) is 5.91. The molecule has 3 aromatic rings. The van der Waals surface area contributed by atoms with Gasteiger partial charge in [-0.2, -0.15) is 0 Å². The van der Waals surface area contributed by atoms with Crippen LogP contribution in [0.4, 0.5) is 4.79 Å². The maximum atomic E-state index is 13.0. The SMILES string of the molecule is CCCCc1ncc(C=C2C(=O)N(CO)C(=O)N2Cc2csc(C)n2)n1Cc1ccc(C(=O)O)cc1. The van der Waals surface area contributed by atoms with E-state index in [1.54, 1.807) is 36.5 Å². The molecule has 0 atom stereocenters. The Morgan fingerprint density at radius 1 is 1.14 bits per heavy atom. The van der Waals surface area contributed by atoms with E-state index < -0.39 is 24.6 Å². The van der Waals surface area contributed by atoms with Crippen molar-refractivity contribution in [2.75, 3.05) is 6.73 Å². The maximum absolute atomic E-state index is 13.0. The Balaban J connectivity index is 1.72. The quantitative estimate of drug-likeness (QED) is 0.316. The third-order valence-corrected chi connectivity index (χ3v) is 6.72. The highest BCUT2D eigenvalue weighted by Crippen LogP contribution is 2.27. The summed E-state index contributed by atoms with van der Waals surface area (Å²) in [6, 6.07) is 5.99. The van der Waals surface area contributed by atoms with Crippen molar-refractivity contribution in [3.8, 4) is 0 Å². The Hall–Kier alpha value is -3.83. The molecule has 2 aromatic heterocycles. The largest absolute Gasteiger partial charge is 0.478 e. The second kappa shape index (κ2) is 10.8. The molecule has 3 heterocycles. The molecule has 10 nitrogen and oxygen atoms in total. The van der Waals surface area contributed by atoms with E-state index in [1.165, 1.54) is 16.2 Å². The smallest absolute Gasteiger partial charge is 0.335 e. The van der Waals surface area contributed by atoms with Crippen LogP contribution in [-0.2, 0) is 24.3 Å². The minimum absolute atomic E-state index is 0.102. The van der Waals surface area contributed by atoms with Gasteiger partial charge in [-0.15, -0.1) is 11.3 Å². The Morgan fingerprint density at radius 2 is 1.89 bits per heavy atom. The van der Waals surface area contributed by atoms with Crippen molar-refractivity contribution in [2.45, 2.75) is 46.2 Å². The highest BCUT2D eigenvalue weighted by molar-refractivity contribution is 7.09. The lowest BCUT2D eigenvalue weighted by atomic mass is 10.1. The molecule has 1 saturated heterocycles. The number of urea groups is 1. The first-order valence-corrected chi connectivity index (χ1v) is 12.4. The van der Waals surface area contributed by atoms with Crippen LogP contribution < -0.4 is 0 Å². The van der Waals surface area contributed by atoms with Gasteiger partial charge in [-0.05, 0) is 37.1 Å². The number of imidazole rings is 1. The van der Waals surface area contributed by atoms with Crippen LogP contribution in [0.15, 0.2) is 41.5 Å². The lowest BCUT2D eigenvalue weighted by Gasteiger charge is -2.16. The first-order valence-electron chi connectivity index (χ1n) is 11.6. The molecule has 0 saturated carbocycles. The number of aliphatic hydroxyl groups is 1. The van der Waals surface area contributed by atoms with E-state index in [2.05, 4.69) is 16.9 Å². The molecule has 4 rings (SSSR count). The number of hydrogen-bond donors (Lipinski definition) is 2. The number of aryl methyl sites for hydroxylation is 2. The molecule has 1 aliphatic rings. The number of aromatic carboxylic acids is 1. The molecule has 0 bridgehead atoms. The van der Waals surface area contributed by atoms with E-state index in [9.17, 15) is 24.6 Å². The second-order valence-corrected chi connectivity index (χ2v) is 9.48. The van der Waals surface area contributed by atoms with Gasteiger partial charge in [0.1, 0.15) is 18.3 Å². The molecule has 0 spiro atoms. The summed E-state index contributed by atoms with van der Waals surface area (Å²) >= 11 is 1.45. The van der Waals surface area contributed by atoms with Crippen molar-refractivity contribution in [2.24, 2.45) is 0 Å². The highest BCUT2D eigenvalue weighted by Gasteiger charge is 2.41. The zero-order chi connectivity index (χ0) is 25.8. The molecule has 36 heavy (non-hydrogen) atoms. The number of aliphatic hydroxyl groups excluding tert-OH is 1. The number of carboxylic acids is 1. The monoisotopic (exact) mass is 509 g/mol. The summed E-state index contributed by atoms with van der Waals surface area (Å²) in [4.78, 5) is 48.2. The van der Waals surface area contributed by atoms with Gasteiger partial charge in [0.05, 0.1) is 34.7 Å². The zero-order valence-corrected chi connectivity index (χ0v) is 20.9. The average Bonchev–Trinajstić information content (AvgIpc) is 3.51. The zero-order valence-electron chi connectivity index (χ0n) is 20.0. The number of hydrogen-bond acceptors (Lipinski definition) is 7. The van der Waals surface area contributed by atoms with Crippen molar-refractivity contribution in [1.29, 1.82) is 0 Å². The molecule has 11 heteroatoms. The van der Waals surface area contributed by atoms with E-state index >= 15 is 0 Å². The normalized spacial score (nSPS) is 14.9. The number of benzene rings is 1. The van der Waals surface area contributed by atoms with E-state index in [0.29, 0.717) is 17.9 Å². The Bertz CT molecular complexity index is 1310. The van der Waals surface area contributed by atoms with Gasteiger partial charge in [0.2, 0.25) is 0 Å². The number of carboxylic acid groups (broad SMARTS) is 1. The maximum Gasteiger partial charge on any atom is 0.335 e. The lowest BCUT2D eigenvalue weighted by molar-refractivity contribution is -0.125. The number of rotatable bonds is 10. The van der Waals surface area contributed by atoms with Gasteiger partial charge < -0.3 is 14.8 Å². The fraction of sp³-hybridized carbons (Fsp3) is 0.320. The number of imide groups is 1. The molecule has 1 aliphatic heterocycles. The molecule has 0 aliphatic carbocycles. The second-order valence-electron chi connectivity index (χ2n) is 8.42. The van der Waals surface area contributed by atoms with Gasteiger partial charge in [-0.25, -0.2) is 24.5 Å². The molecule has 188 valence electrons. The number of carbonyl (C=O) groups is 3.